The van der Waals surface area contributed by atoms with Gasteiger partial charge in [0, 0.05) is 11.3 Å². The van der Waals surface area contributed by atoms with Gasteiger partial charge in [0.05, 0.1) is 6.10 Å². The van der Waals surface area contributed by atoms with Crippen LogP contribution in [0.2, 0.25) is 0 Å². The first-order valence-electron chi connectivity index (χ1n) is 4.61. The van der Waals surface area contributed by atoms with Crippen LogP contribution < -0.4 is 5.73 Å². The van der Waals surface area contributed by atoms with Gasteiger partial charge in [0.15, 0.2) is 0 Å². The average Bonchev–Trinajstić information content (AvgIpc) is 2.21. The quantitative estimate of drug-likeness (QED) is 0.299. The smallest absolute Gasteiger partial charge is 0.121 e. The summed E-state index contributed by atoms with van der Waals surface area (Å²) in [5.74, 6) is 0.385. The summed E-state index contributed by atoms with van der Waals surface area (Å²) in [5.41, 5.74) is 6.19. The van der Waals surface area contributed by atoms with Crippen molar-refractivity contribution in [2.45, 2.75) is 18.6 Å². The standard InChI is InChI=1S/C10H15NO3S/c11-6-1-2-8(12)7(5-6)10(14)9(13)3-4-15/h1-2,5,9-10,12-15H,3-4,11H2. The Kier molecular flexibility index (Phi) is 4.26. The molecule has 2 unspecified atom stereocenters. The third-order valence-corrected chi connectivity index (χ3v) is 2.42. The van der Waals surface area contributed by atoms with Gasteiger partial charge in [-0.25, -0.2) is 0 Å². The predicted octanol–water partition coefficient (Wildman–Crippen LogP) is 0.689. The summed E-state index contributed by atoms with van der Waals surface area (Å²) in [5, 5.41) is 28.7. The second kappa shape index (κ2) is 5.25. The summed E-state index contributed by atoms with van der Waals surface area (Å²) in [6.45, 7) is 0. The Balaban J connectivity index is 2.89. The summed E-state index contributed by atoms with van der Waals surface area (Å²) in [7, 11) is 0. The number of hydrogen-bond donors (Lipinski definition) is 5. The van der Waals surface area contributed by atoms with Crippen molar-refractivity contribution in [1.29, 1.82) is 0 Å². The molecule has 5 heteroatoms. The fourth-order valence-electron chi connectivity index (χ4n) is 1.31. The van der Waals surface area contributed by atoms with Crippen molar-refractivity contribution in [2.24, 2.45) is 0 Å². The zero-order valence-corrected chi connectivity index (χ0v) is 9.06. The highest BCUT2D eigenvalue weighted by atomic mass is 32.1. The molecular formula is C10H15NO3S. The lowest BCUT2D eigenvalue weighted by molar-refractivity contribution is 0.0159. The summed E-state index contributed by atoms with van der Waals surface area (Å²) < 4.78 is 0. The Morgan fingerprint density at radius 1 is 1.33 bits per heavy atom. The Hall–Kier alpha value is -0.910. The highest BCUT2D eigenvalue weighted by Gasteiger charge is 2.20. The molecule has 0 aliphatic rings. The van der Waals surface area contributed by atoms with E-state index in [0.717, 1.165) is 0 Å². The number of benzene rings is 1. The Labute approximate surface area is 93.8 Å². The van der Waals surface area contributed by atoms with Gasteiger partial charge < -0.3 is 21.1 Å². The lowest BCUT2D eigenvalue weighted by Gasteiger charge is -2.18. The van der Waals surface area contributed by atoms with E-state index in [0.29, 0.717) is 17.9 Å². The van der Waals surface area contributed by atoms with Gasteiger partial charge in [-0.3, -0.25) is 0 Å². The number of phenols is 1. The van der Waals surface area contributed by atoms with E-state index in [2.05, 4.69) is 12.6 Å². The summed E-state index contributed by atoms with van der Waals surface area (Å²) >= 11 is 3.95. The van der Waals surface area contributed by atoms with Crippen molar-refractivity contribution in [3.63, 3.8) is 0 Å². The molecule has 84 valence electrons. The zero-order valence-electron chi connectivity index (χ0n) is 8.17. The summed E-state index contributed by atoms with van der Waals surface area (Å²) in [6, 6.07) is 4.36. The van der Waals surface area contributed by atoms with Crippen LogP contribution in [0.3, 0.4) is 0 Å². The van der Waals surface area contributed by atoms with Gasteiger partial charge in [0.2, 0.25) is 0 Å². The van der Waals surface area contributed by atoms with E-state index in [-0.39, 0.29) is 11.3 Å². The third-order valence-electron chi connectivity index (χ3n) is 2.16. The molecule has 1 aromatic carbocycles. The van der Waals surface area contributed by atoms with Gasteiger partial charge in [0.25, 0.3) is 0 Å². The molecule has 2 atom stereocenters. The number of nitrogens with two attached hydrogens (primary N) is 1. The van der Waals surface area contributed by atoms with Crippen LogP contribution in [0, 0.1) is 0 Å². The molecule has 5 N–H and O–H groups in total. The maximum Gasteiger partial charge on any atom is 0.121 e. The molecule has 0 bridgehead atoms. The van der Waals surface area contributed by atoms with Crippen LogP contribution in [0.15, 0.2) is 18.2 Å². The predicted molar refractivity (Wildman–Crippen MR) is 62.0 cm³/mol. The fourth-order valence-corrected chi connectivity index (χ4v) is 1.57. The van der Waals surface area contributed by atoms with Gasteiger partial charge in [-0.2, -0.15) is 12.6 Å². The van der Waals surface area contributed by atoms with Gasteiger partial charge in [-0.1, -0.05) is 0 Å². The van der Waals surface area contributed by atoms with Crippen molar-refractivity contribution in [2.75, 3.05) is 11.5 Å². The number of phenolic OH excluding ortho intramolecular Hbond substituents is 1. The molecule has 0 fully saturated rings. The molecule has 0 saturated heterocycles. The second-order valence-electron chi connectivity index (χ2n) is 3.34. The first-order chi connectivity index (χ1) is 7.06. The van der Waals surface area contributed by atoms with Crippen LogP contribution in [0.5, 0.6) is 5.75 Å². The number of thiol groups is 1. The van der Waals surface area contributed by atoms with E-state index in [4.69, 9.17) is 5.73 Å². The minimum absolute atomic E-state index is 0.0742. The number of nitrogen functional groups attached to an aromatic ring is 1. The van der Waals surface area contributed by atoms with Crippen LogP contribution in [0.25, 0.3) is 0 Å². The molecule has 0 radical (unpaired) electrons. The highest BCUT2D eigenvalue weighted by Crippen LogP contribution is 2.29. The first-order valence-corrected chi connectivity index (χ1v) is 5.25. The molecule has 0 aliphatic heterocycles. The first kappa shape index (κ1) is 12.2. The largest absolute Gasteiger partial charge is 0.508 e. The van der Waals surface area contributed by atoms with E-state index >= 15 is 0 Å². The number of aliphatic hydroxyl groups excluding tert-OH is 2. The molecule has 15 heavy (non-hydrogen) atoms. The van der Waals surface area contributed by atoms with E-state index in [9.17, 15) is 15.3 Å². The molecule has 0 saturated carbocycles. The lowest BCUT2D eigenvalue weighted by Crippen LogP contribution is -2.18. The number of rotatable bonds is 4. The summed E-state index contributed by atoms with van der Waals surface area (Å²) in [4.78, 5) is 0. The number of hydrogen-bond acceptors (Lipinski definition) is 5. The minimum Gasteiger partial charge on any atom is -0.508 e. The van der Waals surface area contributed by atoms with E-state index in [1.54, 1.807) is 0 Å². The zero-order chi connectivity index (χ0) is 11.4. The molecule has 0 heterocycles. The van der Waals surface area contributed by atoms with Gasteiger partial charge in [-0.15, -0.1) is 0 Å². The van der Waals surface area contributed by atoms with Crippen LogP contribution >= 0.6 is 12.6 Å². The second-order valence-corrected chi connectivity index (χ2v) is 3.79. The third kappa shape index (κ3) is 3.02. The van der Waals surface area contributed by atoms with E-state index < -0.39 is 12.2 Å². The fraction of sp³-hybridized carbons (Fsp3) is 0.400. The average molecular weight is 229 g/mol. The topological polar surface area (TPSA) is 86.7 Å². The molecule has 0 amide bonds. The van der Waals surface area contributed by atoms with Gasteiger partial charge >= 0.3 is 0 Å². The van der Waals surface area contributed by atoms with Crippen molar-refractivity contribution in [3.8, 4) is 5.75 Å². The van der Waals surface area contributed by atoms with Crippen LogP contribution in [-0.2, 0) is 0 Å². The molecule has 1 rings (SSSR count). The van der Waals surface area contributed by atoms with Crippen molar-refractivity contribution in [3.05, 3.63) is 23.8 Å². The van der Waals surface area contributed by atoms with Crippen molar-refractivity contribution < 1.29 is 15.3 Å². The number of aromatic hydroxyl groups is 1. The number of aliphatic hydroxyl groups is 2. The van der Waals surface area contributed by atoms with Gasteiger partial charge in [0.1, 0.15) is 11.9 Å². The SMILES string of the molecule is Nc1ccc(O)c(C(O)C(O)CCS)c1. The van der Waals surface area contributed by atoms with Crippen LogP contribution in [0.1, 0.15) is 18.1 Å². The molecule has 0 aromatic heterocycles. The maximum atomic E-state index is 9.73. The molecule has 1 aromatic rings. The van der Waals surface area contributed by atoms with Crippen molar-refractivity contribution >= 4 is 18.3 Å². The normalized spacial score (nSPS) is 14.9. The van der Waals surface area contributed by atoms with E-state index in [1.807, 2.05) is 0 Å². The molecule has 0 aliphatic carbocycles. The Morgan fingerprint density at radius 2 is 2.00 bits per heavy atom. The maximum absolute atomic E-state index is 9.73. The van der Waals surface area contributed by atoms with Crippen LogP contribution in [-0.4, -0.2) is 27.2 Å². The molecule has 0 spiro atoms. The molecule has 4 nitrogen and oxygen atoms in total. The number of anilines is 1. The summed E-state index contributed by atoms with van der Waals surface area (Å²) in [6.07, 6.45) is -1.74. The van der Waals surface area contributed by atoms with Crippen LogP contribution in [0.4, 0.5) is 5.69 Å². The van der Waals surface area contributed by atoms with E-state index in [1.165, 1.54) is 18.2 Å². The van der Waals surface area contributed by atoms with Crippen molar-refractivity contribution in [1.82, 2.24) is 0 Å². The highest BCUT2D eigenvalue weighted by molar-refractivity contribution is 7.80. The lowest BCUT2D eigenvalue weighted by atomic mass is 10.0. The Morgan fingerprint density at radius 3 is 2.60 bits per heavy atom. The minimum atomic E-state index is -1.14. The van der Waals surface area contributed by atoms with Gasteiger partial charge in [-0.05, 0) is 30.4 Å². The Bertz CT molecular complexity index is 332. The monoisotopic (exact) mass is 229 g/mol. The molecular weight excluding hydrogens is 214 g/mol.